The van der Waals surface area contributed by atoms with E-state index in [0.717, 1.165) is 11.0 Å². The lowest BCUT2D eigenvalue weighted by molar-refractivity contribution is -0.123. The van der Waals surface area contributed by atoms with Crippen LogP contribution in [0.1, 0.15) is 26.8 Å². The fraction of sp³-hybridized carbons (Fsp3) is 0.429. The Morgan fingerprint density at radius 3 is 2.57 bits per heavy atom. The van der Waals surface area contributed by atoms with Crippen LogP contribution in [0.5, 0.6) is 0 Å². The van der Waals surface area contributed by atoms with E-state index in [1.165, 1.54) is 0 Å². The Bertz CT molecular complexity index is 736. The minimum Gasteiger partial charge on any atom is -0.354 e. The summed E-state index contributed by atoms with van der Waals surface area (Å²) in [5.74, 6) is 0.317. The first-order valence-electron chi connectivity index (χ1n) is 6.68. The summed E-state index contributed by atoms with van der Waals surface area (Å²) in [7, 11) is 0. The Morgan fingerprint density at radius 1 is 1.33 bits per heavy atom. The molecule has 0 bridgehead atoms. The number of amides is 1. The minimum atomic E-state index is -0.428. The number of nitrogens with zero attached hydrogens (tertiary/aromatic N) is 1. The maximum absolute atomic E-state index is 12.2. The monoisotopic (exact) mass is 345 g/mol. The van der Waals surface area contributed by atoms with Gasteiger partial charge in [0.05, 0.1) is 21.1 Å². The molecule has 1 atom stereocenters. The Kier molecular flexibility index (Phi) is 4.96. The summed E-state index contributed by atoms with van der Waals surface area (Å²) in [6.07, 6.45) is 0. The third-order valence-corrected chi connectivity index (χ3v) is 4.23. The molecule has 0 aliphatic heterocycles. The van der Waals surface area contributed by atoms with Crippen LogP contribution in [0.15, 0.2) is 12.1 Å². The smallest absolute Gasteiger partial charge is 0.242 e. The van der Waals surface area contributed by atoms with Crippen molar-refractivity contribution in [2.75, 3.05) is 6.54 Å². The highest BCUT2D eigenvalue weighted by atomic mass is 35.5. The van der Waals surface area contributed by atoms with E-state index in [0.29, 0.717) is 27.3 Å². The number of aromatic nitrogens is 2. The van der Waals surface area contributed by atoms with E-state index in [1.54, 1.807) is 23.6 Å². The quantitative estimate of drug-likeness (QED) is 0.809. The number of halogens is 2. The first kappa shape index (κ1) is 16.3. The maximum Gasteiger partial charge on any atom is 0.242 e. The van der Waals surface area contributed by atoms with Gasteiger partial charge in [0.2, 0.25) is 5.91 Å². The summed E-state index contributed by atoms with van der Waals surface area (Å²) >= 11 is 17.4. The second-order valence-corrected chi connectivity index (χ2v) is 6.60. The number of imidazole rings is 1. The summed E-state index contributed by atoms with van der Waals surface area (Å²) in [5.41, 5.74) is 1.53. The molecule has 7 heteroatoms. The molecule has 1 aromatic carbocycles. The van der Waals surface area contributed by atoms with Crippen molar-refractivity contribution in [3.05, 3.63) is 26.9 Å². The fourth-order valence-electron chi connectivity index (χ4n) is 2.07. The number of H-pyrrole nitrogens is 1. The summed E-state index contributed by atoms with van der Waals surface area (Å²) in [4.78, 5) is 15.3. The third kappa shape index (κ3) is 3.42. The molecule has 114 valence electrons. The second kappa shape index (κ2) is 6.38. The van der Waals surface area contributed by atoms with E-state index < -0.39 is 6.04 Å². The van der Waals surface area contributed by atoms with Crippen molar-refractivity contribution >= 4 is 52.4 Å². The van der Waals surface area contributed by atoms with Crippen molar-refractivity contribution in [1.29, 1.82) is 0 Å². The van der Waals surface area contributed by atoms with Gasteiger partial charge in [-0.15, -0.1) is 0 Å². The Balaban J connectivity index is 2.41. The molecule has 1 amide bonds. The second-order valence-electron chi connectivity index (χ2n) is 5.40. The number of carbonyl (C=O) groups is 1. The van der Waals surface area contributed by atoms with Crippen molar-refractivity contribution in [1.82, 2.24) is 14.9 Å². The number of fused-ring (bicyclic) bond motifs is 1. The normalized spacial score (nSPS) is 12.9. The minimum absolute atomic E-state index is 0.0771. The molecule has 0 saturated carbocycles. The molecular weight excluding hydrogens is 329 g/mol. The molecule has 1 heterocycles. The van der Waals surface area contributed by atoms with Gasteiger partial charge < -0.3 is 14.9 Å². The van der Waals surface area contributed by atoms with E-state index in [2.05, 4.69) is 10.3 Å². The van der Waals surface area contributed by atoms with E-state index >= 15 is 0 Å². The molecule has 1 aromatic heterocycles. The molecule has 2 rings (SSSR count). The largest absolute Gasteiger partial charge is 0.354 e. The zero-order valence-electron chi connectivity index (χ0n) is 12.0. The van der Waals surface area contributed by atoms with Crippen molar-refractivity contribution in [2.24, 2.45) is 5.92 Å². The van der Waals surface area contributed by atoms with Crippen LogP contribution in [0.4, 0.5) is 0 Å². The van der Waals surface area contributed by atoms with Gasteiger partial charge in [0.25, 0.3) is 0 Å². The van der Waals surface area contributed by atoms with E-state index in [4.69, 9.17) is 35.4 Å². The number of hydrogen-bond acceptors (Lipinski definition) is 2. The number of carbonyl (C=O) groups excluding carboxylic acids is 1. The van der Waals surface area contributed by atoms with Crippen LogP contribution in [0, 0.1) is 10.7 Å². The van der Waals surface area contributed by atoms with Gasteiger partial charge in [-0.05, 0) is 37.2 Å². The van der Waals surface area contributed by atoms with Crippen molar-refractivity contribution < 1.29 is 4.79 Å². The standard InChI is InChI=1S/C14H17Cl2N3OS/c1-7(2)6-17-13(20)8(3)19-12-5-10(16)9(15)4-11(12)18-14(19)21/h4-5,7-8H,6H2,1-3H3,(H,17,20)(H,18,21). The maximum atomic E-state index is 12.2. The topological polar surface area (TPSA) is 49.8 Å². The SMILES string of the molecule is CC(C)CNC(=O)C(C)n1c(=S)[nH]c2cc(Cl)c(Cl)cc21. The van der Waals surface area contributed by atoms with Crippen LogP contribution >= 0.6 is 35.4 Å². The summed E-state index contributed by atoms with van der Waals surface area (Å²) in [6.45, 7) is 6.53. The zero-order valence-corrected chi connectivity index (χ0v) is 14.4. The highest BCUT2D eigenvalue weighted by molar-refractivity contribution is 7.71. The molecular formula is C14H17Cl2N3OS. The van der Waals surface area contributed by atoms with Crippen molar-refractivity contribution in [2.45, 2.75) is 26.8 Å². The lowest BCUT2D eigenvalue weighted by Gasteiger charge is -2.16. The van der Waals surface area contributed by atoms with Gasteiger partial charge in [-0.3, -0.25) is 4.79 Å². The van der Waals surface area contributed by atoms with Gasteiger partial charge in [0.15, 0.2) is 4.77 Å². The molecule has 4 nitrogen and oxygen atoms in total. The number of nitrogens with one attached hydrogen (secondary N) is 2. The molecule has 0 spiro atoms. The van der Waals surface area contributed by atoms with Crippen LogP contribution in [-0.2, 0) is 4.79 Å². The van der Waals surface area contributed by atoms with Crippen LogP contribution in [0.25, 0.3) is 11.0 Å². The Labute approximate surface area is 138 Å². The van der Waals surface area contributed by atoms with Crippen molar-refractivity contribution in [3.63, 3.8) is 0 Å². The summed E-state index contributed by atoms with van der Waals surface area (Å²) < 4.78 is 2.22. The highest BCUT2D eigenvalue weighted by Gasteiger charge is 2.19. The predicted molar refractivity (Wildman–Crippen MR) is 89.7 cm³/mol. The molecule has 21 heavy (non-hydrogen) atoms. The van der Waals surface area contributed by atoms with Crippen LogP contribution in [0.2, 0.25) is 10.0 Å². The van der Waals surface area contributed by atoms with Gasteiger partial charge in [0, 0.05) is 6.54 Å². The molecule has 2 N–H and O–H groups in total. The zero-order chi connectivity index (χ0) is 15.7. The van der Waals surface area contributed by atoms with Crippen LogP contribution in [0.3, 0.4) is 0 Å². The Morgan fingerprint density at radius 2 is 1.95 bits per heavy atom. The average Bonchev–Trinajstić information content (AvgIpc) is 2.71. The summed E-state index contributed by atoms with van der Waals surface area (Å²) in [5, 5.41) is 3.79. The van der Waals surface area contributed by atoms with Gasteiger partial charge in [-0.25, -0.2) is 0 Å². The molecule has 0 saturated heterocycles. The molecule has 0 aliphatic carbocycles. The van der Waals surface area contributed by atoms with E-state index in [9.17, 15) is 4.79 Å². The molecule has 1 unspecified atom stereocenters. The number of benzene rings is 1. The molecule has 0 fully saturated rings. The van der Waals surface area contributed by atoms with Crippen molar-refractivity contribution in [3.8, 4) is 0 Å². The molecule has 0 aliphatic rings. The van der Waals surface area contributed by atoms with E-state index in [-0.39, 0.29) is 5.91 Å². The number of aromatic amines is 1. The molecule has 0 radical (unpaired) electrons. The van der Waals surface area contributed by atoms with Gasteiger partial charge in [0.1, 0.15) is 6.04 Å². The first-order chi connectivity index (χ1) is 9.81. The van der Waals surface area contributed by atoms with Crippen LogP contribution in [-0.4, -0.2) is 22.0 Å². The predicted octanol–water partition coefficient (Wildman–Crippen LogP) is 4.34. The summed E-state index contributed by atoms with van der Waals surface area (Å²) in [6, 6.07) is 3.00. The third-order valence-electron chi connectivity index (χ3n) is 3.21. The number of hydrogen-bond donors (Lipinski definition) is 2. The van der Waals surface area contributed by atoms with E-state index in [1.807, 2.05) is 13.8 Å². The molecule has 2 aromatic rings. The highest BCUT2D eigenvalue weighted by Crippen LogP contribution is 2.29. The van der Waals surface area contributed by atoms with Gasteiger partial charge in [-0.2, -0.15) is 0 Å². The lowest BCUT2D eigenvalue weighted by Crippen LogP contribution is -2.33. The fourth-order valence-corrected chi connectivity index (χ4v) is 2.76. The Hall–Kier alpha value is -1.04. The lowest BCUT2D eigenvalue weighted by atomic mass is 10.2. The average molecular weight is 346 g/mol. The number of rotatable bonds is 4. The first-order valence-corrected chi connectivity index (χ1v) is 7.84. The van der Waals surface area contributed by atoms with Gasteiger partial charge in [-0.1, -0.05) is 37.0 Å². The van der Waals surface area contributed by atoms with Crippen LogP contribution < -0.4 is 5.32 Å². The van der Waals surface area contributed by atoms with Gasteiger partial charge >= 0.3 is 0 Å².